The Morgan fingerprint density at radius 2 is 1.33 bits per heavy atom. The standard InChI is InChI=1S/C52H38N2O/c1-52(2)44-21-10-9-18-40(44)41-29-28-37(32-45(41)52)54-49(35-16-7-4-8-17-35)48(34-14-5-3-6-15-34)43-31-30-39-38(19-13-20-42(39)50(43)54)33-24-26-36(27-25-33)51-53-46-22-11-12-23-47(46)55-51/h3-9,11-20,22-32H,10,21H2,1-2H3. The van der Waals surface area contributed by atoms with Gasteiger partial charge in [0.05, 0.1) is 11.2 Å². The molecule has 0 radical (unpaired) electrons. The van der Waals surface area contributed by atoms with Gasteiger partial charge in [0.1, 0.15) is 5.52 Å². The van der Waals surface area contributed by atoms with Gasteiger partial charge in [-0.25, -0.2) is 4.98 Å². The zero-order valence-electron chi connectivity index (χ0n) is 30.9. The van der Waals surface area contributed by atoms with E-state index in [1.165, 1.54) is 72.0 Å². The van der Waals surface area contributed by atoms with E-state index in [2.05, 4.69) is 164 Å². The van der Waals surface area contributed by atoms with Crippen LogP contribution in [0.25, 0.3) is 89.0 Å². The van der Waals surface area contributed by atoms with Crippen LogP contribution in [0.5, 0.6) is 0 Å². The lowest BCUT2D eigenvalue weighted by Crippen LogP contribution is -2.18. The Balaban J connectivity index is 1.17. The van der Waals surface area contributed by atoms with Gasteiger partial charge in [-0.1, -0.05) is 153 Å². The molecule has 2 heterocycles. The number of nitrogens with zero attached hydrogens (tertiary/aromatic N) is 2. The first-order valence-corrected chi connectivity index (χ1v) is 19.3. The molecule has 2 aromatic heterocycles. The van der Waals surface area contributed by atoms with Crippen molar-refractivity contribution in [3.8, 4) is 50.7 Å². The number of oxazole rings is 1. The summed E-state index contributed by atoms with van der Waals surface area (Å²) < 4.78 is 8.66. The molecule has 0 saturated heterocycles. The molecule has 0 aliphatic heterocycles. The lowest BCUT2D eigenvalue weighted by Gasteiger charge is -2.26. The van der Waals surface area contributed by atoms with Gasteiger partial charge in [0.2, 0.25) is 5.89 Å². The van der Waals surface area contributed by atoms with Crippen LogP contribution in [-0.4, -0.2) is 9.55 Å². The maximum Gasteiger partial charge on any atom is 0.227 e. The molecule has 0 saturated carbocycles. The van der Waals surface area contributed by atoms with E-state index in [9.17, 15) is 0 Å². The summed E-state index contributed by atoms with van der Waals surface area (Å²) in [6.45, 7) is 4.82. The Kier molecular flexibility index (Phi) is 7.03. The van der Waals surface area contributed by atoms with Crippen LogP contribution in [0.15, 0.2) is 180 Å². The molecular weight excluding hydrogens is 669 g/mol. The number of para-hydroxylation sites is 2. The van der Waals surface area contributed by atoms with Crippen molar-refractivity contribution < 1.29 is 4.42 Å². The minimum absolute atomic E-state index is 0.0388. The number of aromatic nitrogens is 2. The molecule has 3 heteroatoms. The molecule has 0 fully saturated rings. The summed E-state index contributed by atoms with van der Waals surface area (Å²) in [6, 6.07) is 57.0. The number of hydrogen-bond acceptors (Lipinski definition) is 2. The molecule has 11 rings (SSSR count). The summed E-state index contributed by atoms with van der Waals surface area (Å²) in [4.78, 5) is 4.74. The van der Waals surface area contributed by atoms with Crippen molar-refractivity contribution in [3.05, 3.63) is 187 Å². The molecule has 0 atom stereocenters. The van der Waals surface area contributed by atoms with Gasteiger partial charge in [0.25, 0.3) is 0 Å². The molecule has 0 amide bonds. The first-order chi connectivity index (χ1) is 27.0. The molecule has 3 nitrogen and oxygen atoms in total. The number of fused-ring (bicyclic) bond motifs is 6. The average molecular weight is 707 g/mol. The molecule has 0 unspecified atom stereocenters. The number of hydrogen-bond donors (Lipinski definition) is 0. The SMILES string of the molecule is CC1(C)C2=C(C=CCC2)c2ccc(-n3c(-c4ccccc4)c(-c4ccccc4)c4ccc5c(-c6ccc(-c7nc8ccccc8o7)cc6)cccc5c43)cc21. The molecular formula is C52H38N2O. The van der Waals surface area contributed by atoms with Crippen molar-refractivity contribution in [3.63, 3.8) is 0 Å². The van der Waals surface area contributed by atoms with Crippen LogP contribution in [-0.2, 0) is 5.41 Å². The van der Waals surface area contributed by atoms with Crippen LogP contribution in [0, 0.1) is 0 Å². The summed E-state index contributed by atoms with van der Waals surface area (Å²) in [6.07, 6.45) is 6.92. The molecule has 2 aliphatic rings. The van der Waals surface area contributed by atoms with Gasteiger partial charge in [0, 0.05) is 33.0 Å². The maximum absolute atomic E-state index is 6.11. The highest BCUT2D eigenvalue weighted by atomic mass is 16.3. The van der Waals surface area contributed by atoms with E-state index in [-0.39, 0.29) is 5.41 Å². The molecule has 7 aromatic carbocycles. The van der Waals surface area contributed by atoms with Gasteiger partial charge in [-0.05, 0) is 93.6 Å². The summed E-state index contributed by atoms with van der Waals surface area (Å²) in [7, 11) is 0. The normalized spacial score (nSPS) is 14.6. The highest BCUT2D eigenvalue weighted by molar-refractivity contribution is 6.18. The van der Waals surface area contributed by atoms with E-state index in [4.69, 9.17) is 9.40 Å². The van der Waals surface area contributed by atoms with E-state index in [1.807, 2.05) is 24.3 Å². The van der Waals surface area contributed by atoms with Gasteiger partial charge in [-0.2, -0.15) is 0 Å². The summed E-state index contributed by atoms with van der Waals surface area (Å²) in [5.74, 6) is 0.636. The van der Waals surface area contributed by atoms with Gasteiger partial charge in [-0.15, -0.1) is 0 Å². The Morgan fingerprint density at radius 3 is 2.13 bits per heavy atom. The van der Waals surface area contributed by atoms with Gasteiger partial charge in [-0.3, -0.25) is 0 Å². The summed E-state index contributed by atoms with van der Waals surface area (Å²) in [5, 5.41) is 3.67. The minimum Gasteiger partial charge on any atom is -0.436 e. The van der Waals surface area contributed by atoms with Gasteiger partial charge >= 0.3 is 0 Å². The number of allylic oxidation sites excluding steroid dienone is 4. The van der Waals surface area contributed by atoms with Crippen molar-refractivity contribution in [2.75, 3.05) is 0 Å². The number of benzene rings is 7. The van der Waals surface area contributed by atoms with Gasteiger partial charge < -0.3 is 8.98 Å². The third-order valence-corrected chi connectivity index (χ3v) is 12.0. The van der Waals surface area contributed by atoms with E-state index in [0.29, 0.717) is 5.89 Å². The predicted molar refractivity (Wildman–Crippen MR) is 228 cm³/mol. The third kappa shape index (κ3) is 4.86. The maximum atomic E-state index is 6.11. The van der Waals surface area contributed by atoms with Crippen molar-refractivity contribution in [2.24, 2.45) is 0 Å². The summed E-state index contributed by atoms with van der Waals surface area (Å²) in [5.41, 5.74) is 17.9. The molecule has 9 aromatic rings. The molecule has 2 aliphatic carbocycles. The fourth-order valence-electron chi connectivity index (χ4n) is 9.35. The second-order valence-corrected chi connectivity index (χ2v) is 15.4. The van der Waals surface area contributed by atoms with Crippen LogP contribution in [0.3, 0.4) is 0 Å². The van der Waals surface area contributed by atoms with Crippen molar-refractivity contribution in [1.82, 2.24) is 9.55 Å². The van der Waals surface area contributed by atoms with E-state index in [1.54, 1.807) is 5.57 Å². The highest BCUT2D eigenvalue weighted by Crippen LogP contribution is 2.52. The predicted octanol–water partition coefficient (Wildman–Crippen LogP) is 14.0. The fraction of sp³-hybridized carbons (Fsp3) is 0.0962. The minimum atomic E-state index is -0.0388. The lowest BCUT2D eigenvalue weighted by molar-refractivity contribution is 0.607. The molecule has 0 N–H and O–H groups in total. The second-order valence-electron chi connectivity index (χ2n) is 15.4. The summed E-state index contributed by atoms with van der Waals surface area (Å²) >= 11 is 0. The van der Waals surface area contributed by atoms with Crippen LogP contribution in [0.4, 0.5) is 0 Å². The van der Waals surface area contributed by atoms with Crippen LogP contribution < -0.4 is 0 Å². The van der Waals surface area contributed by atoms with Crippen molar-refractivity contribution in [1.29, 1.82) is 0 Å². The zero-order chi connectivity index (χ0) is 36.7. The second kappa shape index (κ2) is 12.2. The Labute approximate surface area is 320 Å². The molecule has 0 spiro atoms. The Hall–Kier alpha value is -6.71. The quantitative estimate of drug-likeness (QED) is 0.178. The van der Waals surface area contributed by atoms with Crippen LogP contribution >= 0.6 is 0 Å². The first-order valence-electron chi connectivity index (χ1n) is 19.3. The largest absolute Gasteiger partial charge is 0.436 e. The lowest BCUT2D eigenvalue weighted by atomic mass is 9.78. The van der Waals surface area contributed by atoms with Crippen molar-refractivity contribution >= 4 is 38.3 Å². The fourth-order valence-corrected chi connectivity index (χ4v) is 9.35. The third-order valence-electron chi connectivity index (χ3n) is 12.0. The highest BCUT2D eigenvalue weighted by Gasteiger charge is 2.38. The van der Waals surface area contributed by atoms with E-state index in [0.717, 1.165) is 35.1 Å². The molecule has 262 valence electrons. The molecule has 55 heavy (non-hydrogen) atoms. The van der Waals surface area contributed by atoms with Gasteiger partial charge in [0.15, 0.2) is 5.58 Å². The average Bonchev–Trinajstić information content (AvgIpc) is 3.90. The Morgan fingerprint density at radius 1 is 0.600 bits per heavy atom. The topological polar surface area (TPSA) is 31.0 Å². The number of rotatable bonds is 5. The smallest absolute Gasteiger partial charge is 0.227 e. The van der Waals surface area contributed by atoms with E-state index < -0.39 is 0 Å². The van der Waals surface area contributed by atoms with Crippen molar-refractivity contribution in [2.45, 2.75) is 32.1 Å². The van der Waals surface area contributed by atoms with E-state index >= 15 is 0 Å². The van der Waals surface area contributed by atoms with Crippen LogP contribution in [0.2, 0.25) is 0 Å². The molecule has 0 bridgehead atoms. The first kappa shape index (κ1) is 31.8. The zero-order valence-corrected chi connectivity index (χ0v) is 30.9. The Bertz CT molecular complexity index is 3000. The van der Waals surface area contributed by atoms with Crippen LogP contribution in [0.1, 0.15) is 37.8 Å². The monoisotopic (exact) mass is 706 g/mol.